The number of amides is 1. The fourth-order valence-corrected chi connectivity index (χ4v) is 5.00. The van der Waals surface area contributed by atoms with Crippen LogP contribution >= 0.6 is 34.5 Å². The average Bonchev–Trinajstić information content (AvgIpc) is 3.48. The van der Waals surface area contributed by atoms with E-state index in [4.69, 9.17) is 27.6 Å². The van der Waals surface area contributed by atoms with Gasteiger partial charge in [0.05, 0.1) is 36.4 Å². The van der Waals surface area contributed by atoms with Gasteiger partial charge in [0.1, 0.15) is 10.8 Å². The van der Waals surface area contributed by atoms with Crippen LogP contribution in [0.3, 0.4) is 0 Å². The van der Waals surface area contributed by atoms with Gasteiger partial charge in [-0.3, -0.25) is 14.9 Å². The molecular weight excluding hydrogens is 497 g/mol. The number of nitrogens with zero attached hydrogens (tertiary/aromatic N) is 2. The van der Waals surface area contributed by atoms with Crippen LogP contribution in [0.1, 0.15) is 10.6 Å². The minimum Gasteiger partial charge on any atom is -0.451 e. The summed E-state index contributed by atoms with van der Waals surface area (Å²) >= 11 is 14.2. The van der Waals surface area contributed by atoms with E-state index >= 15 is 0 Å². The monoisotopic (exact) mass is 509 g/mol. The Labute approximate surface area is 206 Å². The Bertz CT molecular complexity index is 1540. The molecule has 1 N–H and O–H groups in total. The molecule has 168 valence electrons. The van der Waals surface area contributed by atoms with Crippen molar-refractivity contribution in [2.45, 2.75) is 0 Å². The number of thiazole rings is 1. The van der Waals surface area contributed by atoms with Gasteiger partial charge >= 0.3 is 0 Å². The molecule has 34 heavy (non-hydrogen) atoms. The number of benzene rings is 3. The molecule has 2 heterocycles. The highest BCUT2D eigenvalue weighted by Crippen LogP contribution is 2.39. The highest BCUT2D eigenvalue weighted by atomic mass is 35.5. The number of anilines is 1. The number of halogens is 2. The zero-order valence-corrected chi connectivity index (χ0v) is 19.4. The topological polar surface area (TPSA) is 98.3 Å². The van der Waals surface area contributed by atoms with Crippen molar-refractivity contribution >= 4 is 62.0 Å². The summed E-state index contributed by atoms with van der Waals surface area (Å²) in [6.07, 6.45) is 0. The minimum absolute atomic E-state index is 0.0271. The third-order valence-corrected chi connectivity index (χ3v) is 6.72. The van der Waals surface area contributed by atoms with Crippen LogP contribution in [0.5, 0.6) is 0 Å². The largest absolute Gasteiger partial charge is 0.451 e. The fourth-order valence-electron chi connectivity index (χ4n) is 3.43. The zero-order chi connectivity index (χ0) is 23.8. The van der Waals surface area contributed by atoms with E-state index in [-0.39, 0.29) is 27.8 Å². The number of fused-ring (bicyclic) bond motifs is 1. The number of rotatable bonds is 5. The molecule has 5 aromatic rings. The molecule has 2 aromatic heterocycles. The van der Waals surface area contributed by atoms with Crippen LogP contribution in [0.25, 0.3) is 32.1 Å². The second-order valence-electron chi connectivity index (χ2n) is 7.19. The molecular formula is C24H13Cl2N3O4S. The van der Waals surface area contributed by atoms with Crippen molar-refractivity contribution in [2.75, 3.05) is 5.32 Å². The molecule has 0 aliphatic carbocycles. The summed E-state index contributed by atoms with van der Waals surface area (Å²) < 4.78 is 6.62. The molecule has 5 rings (SSSR count). The second-order valence-corrected chi connectivity index (χ2v) is 9.04. The Kier molecular flexibility index (Phi) is 5.79. The first-order valence-corrected chi connectivity index (χ1v) is 11.5. The van der Waals surface area contributed by atoms with Crippen molar-refractivity contribution < 1.29 is 14.1 Å². The number of furan rings is 1. The standard InChI is InChI=1S/C24H13Cl2N3O4S/c25-15-12-16(26)18(11-14(15)24-28-17-6-2-4-8-22(17)34-24)27-23(30)21-10-9-20(33-21)13-5-1-3-7-19(13)29(31)32/h1-12H,(H,27,30). The number of nitro groups is 1. The summed E-state index contributed by atoms with van der Waals surface area (Å²) in [6.45, 7) is 0. The van der Waals surface area contributed by atoms with Crippen molar-refractivity contribution in [3.05, 3.63) is 98.7 Å². The van der Waals surface area contributed by atoms with Crippen molar-refractivity contribution in [3.8, 4) is 21.9 Å². The number of aromatic nitrogens is 1. The Morgan fingerprint density at radius 2 is 1.74 bits per heavy atom. The van der Waals surface area contributed by atoms with Gasteiger partial charge in [-0.15, -0.1) is 11.3 Å². The highest BCUT2D eigenvalue weighted by Gasteiger charge is 2.21. The Morgan fingerprint density at radius 3 is 2.53 bits per heavy atom. The average molecular weight is 510 g/mol. The number of carbonyl (C=O) groups is 1. The molecule has 0 radical (unpaired) electrons. The molecule has 0 saturated heterocycles. The lowest BCUT2D eigenvalue weighted by Gasteiger charge is -2.09. The lowest BCUT2D eigenvalue weighted by Crippen LogP contribution is -2.11. The molecule has 3 aromatic carbocycles. The predicted octanol–water partition coefficient (Wildman–Crippen LogP) is 7.69. The predicted molar refractivity (Wildman–Crippen MR) is 134 cm³/mol. The maximum absolute atomic E-state index is 12.9. The number of nitrogens with one attached hydrogen (secondary N) is 1. The summed E-state index contributed by atoms with van der Waals surface area (Å²) in [5, 5.41) is 15.4. The van der Waals surface area contributed by atoms with Gasteiger partial charge in [-0.1, -0.05) is 47.5 Å². The van der Waals surface area contributed by atoms with Crippen molar-refractivity contribution in [1.82, 2.24) is 4.98 Å². The SMILES string of the molecule is O=C(Nc1cc(-c2nc3ccccc3s2)c(Cl)cc1Cl)c1ccc(-c2ccccc2[N+](=O)[O-])o1. The molecule has 0 aliphatic rings. The Morgan fingerprint density at radius 1 is 0.971 bits per heavy atom. The summed E-state index contributed by atoms with van der Waals surface area (Å²) in [7, 11) is 0. The van der Waals surface area contributed by atoms with Gasteiger partial charge in [0, 0.05) is 11.6 Å². The van der Waals surface area contributed by atoms with E-state index in [9.17, 15) is 14.9 Å². The molecule has 10 heteroatoms. The van der Waals surface area contributed by atoms with Crippen LogP contribution in [0, 0.1) is 10.1 Å². The van der Waals surface area contributed by atoms with Gasteiger partial charge in [-0.25, -0.2) is 4.98 Å². The van der Waals surface area contributed by atoms with Crippen LogP contribution < -0.4 is 5.32 Å². The van der Waals surface area contributed by atoms with Crippen LogP contribution in [-0.4, -0.2) is 15.8 Å². The quantitative estimate of drug-likeness (QED) is 0.193. The van der Waals surface area contributed by atoms with Gasteiger partial charge < -0.3 is 9.73 Å². The van der Waals surface area contributed by atoms with Gasteiger partial charge in [-0.2, -0.15) is 0 Å². The smallest absolute Gasteiger partial charge is 0.291 e. The molecule has 0 saturated carbocycles. The molecule has 0 spiro atoms. The first-order chi connectivity index (χ1) is 16.4. The van der Waals surface area contributed by atoms with Crippen LogP contribution in [-0.2, 0) is 0 Å². The number of nitro benzene ring substituents is 1. The minimum atomic E-state index is -0.565. The van der Waals surface area contributed by atoms with E-state index < -0.39 is 10.8 Å². The van der Waals surface area contributed by atoms with Crippen LogP contribution in [0.4, 0.5) is 11.4 Å². The lowest BCUT2D eigenvalue weighted by molar-refractivity contribution is -0.384. The van der Waals surface area contributed by atoms with Crippen molar-refractivity contribution in [2.24, 2.45) is 0 Å². The van der Waals surface area contributed by atoms with Gasteiger partial charge in [-0.05, 0) is 42.5 Å². The number of hydrogen-bond acceptors (Lipinski definition) is 6. The van der Waals surface area contributed by atoms with Crippen LogP contribution in [0.15, 0.2) is 77.2 Å². The molecule has 0 aliphatic heterocycles. The van der Waals surface area contributed by atoms with E-state index in [1.54, 1.807) is 30.3 Å². The first-order valence-electron chi connectivity index (χ1n) is 9.90. The summed E-state index contributed by atoms with van der Waals surface area (Å²) in [4.78, 5) is 28.3. The Balaban J connectivity index is 1.45. The van der Waals surface area contributed by atoms with Gasteiger partial charge in [0.15, 0.2) is 5.76 Å². The second kappa shape index (κ2) is 8.90. The maximum atomic E-state index is 12.9. The number of para-hydroxylation sites is 2. The van der Waals surface area contributed by atoms with E-state index in [2.05, 4.69) is 10.3 Å². The highest BCUT2D eigenvalue weighted by molar-refractivity contribution is 7.21. The zero-order valence-electron chi connectivity index (χ0n) is 17.1. The maximum Gasteiger partial charge on any atom is 0.291 e. The first kappa shape index (κ1) is 22.1. The third-order valence-electron chi connectivity index (χ3n) is 5.03. The van der Waals surface area contributed by atoms with Gasteiger partial charge in [0.2, 0.25) is 0 Å². The third kappa shape index (κ3) is 4.14. The van der Waals surface area contributed by atoms with E-state index in [1.165, 1.54) is 29.5 Å². The number of hydrogen-bond donors (Lipinski definition) is 1. The lowest BCUT2D eigenvalue weighted by atomic mass is 10.1. The fraction of sp³-hybridized carbons (Fsp3) is 0. The van der Waals surface area contributed by atoms with Crippen molar-refractivity contribution in [1.29, 1.82) is 0 Å². The van der Waals surface area contributed by atoms with E-state index in [0.29, 0.717) is 21.3 Å². The molecule has 0 bridgehead atoms. The molecule has 1 amide bonds. The normalized spacial score (nSPS) is 11.0. The molecule has 0 atom stereocenters. The van der Waals surface area contributed by atoms with Gasteiger partial charge in [0.25, 0.3) is 11.6 Å². The summed E-state index contributed by atoms with van der Waals surface area (Å²) in [5.41, 5.74) is 1.95. The van der Waals surface area contributed by atoms with Crippen LogP contribution in [0.2, 0.25) is 10.0 Å². The summed E-state index contributed by atoms with van der Waals surface area (Å²) in [6, 6.07) is 20.0. The molecule has 7 nitrogen and oxygen atoms in total. The molecule has 0 unspecified atom stereocenters. The van der Waals surface area contributed by atoms with E-state index in [1.807, 2.05) is 24.3 Å². The summed E-state index contributed by atoms with van der Waals surface area (Å²) in [5.74, 6) is -0.389. The Hall–Kier alpha value is -3.72. The van der Waals surface area contributed by atoms with E-state index in [0.717, 1.165) is 10.2 Å². The number of carbonyl (C=O) groups excluding carboxylic acids is 1. The molecule has 0 fully saturated rings. The van der Waals surface area contributed by atoms with Crippen molar-refractivity contribution in [3.63, 3.8) is 0 Å².